The number of anilines is 1. The first-order valence-corrected chi connectivity index (χ1v) is 6.59. The Morgan fingerprint density at radius 2 is 2.00 bits per heavy atom. The predicted octanol–water partition coefficient (Wildman–Crippen LogP) is 2.52. The number of Topliss-reactive ketones (excluding diaryl/α,β-unsaturated/α-hetero) is 1. The Morgan fingerprint density at radius 3 is 2.58 bits per heavy atom. The fraction of sp³-hybridized carbons (Fsp3) is 0.467. The second kappa shape index (κ2) is 6.92. The Morgan fingerprint density at radius 1 is 1.32 bits per heavy atom. The van der Waals surface area contributed by atoms with E-state index in [4.69, 9.17) is 0 Å². The van der Waals surface area contributed by atoms with E-state index in [9.17, 15) is 9.59 Å². The second-order valence-electron chi connectivity index (χ2n) is 4.78. The third-order valence-electron chi connectivity index (χ3n) is 3.08. The lowest BCUT2D eigenvalue weighted by Gasteiger charge is -2.14. The molecule has 0 saturated carbocycles. The van der Waals surface area contributed by atoms with E-state index in [2.05, 4.69) is 10.6 Å². The summed E-state index contributed by atoms with van der Waals surface area (Å²) in [6.07, 6.45) is 0.898. The van der Waals surface area contributed by atoms with Crippen molar-refractivity contribution in [1.82, 2.24) is 5.32 Å². The Hall–Kier alpha value is -1.84. The van der Waals surface area contributed by atoms with Gasteiger partial charge < -0.3 is 10.6 Å². The lowest BCUT2D eigenvalue weighted by molar-refractivity contribution is -0.120. The molecule has 0 radical (unpaired) electrons. The average Bonchev–Trinajstić information content (AvgIpc) is 2.35. The number of hydrogen-bond donors (Lipinski definition) is 2. The zero-order chi connectivity index (χ0) is 14.4. The highest BCUT2D eigenvalue weighted by molar-refractivity contribution is 6.01. The van der Waals surface area contributed by atoms with Crippen LogP contribution in [0.2, 0.25) is 0 Å². The number of benzene rings is 1. The molecule has 1 amide bonds. The number of ketones is 1. The van der Waals surface area contributed by atoms with Gasteiger partial charge in [-0.05, 0) is 38.8 Å². The van der Waals surface area contributed by atoms with Gasteiger partial charge in [0.1, 0.15) is 0 Å². The summed E-state index contributed by atoms with van der Waals surface area (Å²) in [4.78, 5) is 23.3. The van der Waals surface area contributed by atoms with E-state index in [1.165, 1.54) is 6.92 Å². The summed E-state index contributed by atoms with van der Waals surface area (Å²) in [5.74, 6) is -0.0618. The monoisotopic (exact) mass is 262 g/mol. The zero-order valence-electron chi connectivity index (χ0n) is 12.0. The van der Waals surface area contributed by atoms with Crippen molar-refractivity contribution in [3.05, 3.63) is 29.3 Å². The van der Waals surface area contributed by atoms with Crippen molar-refractivity contribution in [2.24, 2.45) is 0 Å². The first-order chi connectivity index (χ1) is 8.95. The van der Waals surface area contributed by atoms with Crippen molar-refractivity contribution in [1.29, 1.82) is 0 Å². The topological polar surface area (TPSA) is 58.2 Å². The molecule has 1 aromatic rings. The highest BCUT2D eigenvalue weighted by atomic mass is 16.2. The van der Waals surface area contributed by atoms with Gasteiger partial charge in [0.15, 0.2) is 5.78 Å². The molecule has 0 aliphatic rings. The van der Waals surface area contributed by atoms with Crippen LogP contribution in [0.4, 0.5) is 5.69 Å². The molecule has 1 atom stereocenters. The van der Waals surface area contributed by atoms with Gasteiger partial charge in [-0.1, -0.05) is 19.1 Å². The SMILES string of the molecule is CC[C@@H](C)NC(=O)CNc1cccc(C)c1C(C)=O. The maximum atomic E-state index is 11.7. The molecule has 0 aliphatic heterocycles. The predicted molar refractivity (Wildman–Crippen MR) is 77.6 cm³/mol. The molecule has 0 saturated heterocycles. The summed E-state index contributed by atoms with van der Waals surface area (Å²) < 4.78 is 0. The second-order valence-corrected chi connectivity index (χ2v) is 4.78. The number of rotatable bonds is 6. The number of hydrogen-bond acceptors (Lipinski definition) is 3. The Balaban J connectivity index is 2.71. The van der Waals surface area contributed by atoms with Crippen molar-refractivity contribution < 1.29 is 9.59 Å². The molecule has 1 rings (SSSR count). The molecule has 1 aromatic carbocycles. The molecule has 0 aromatic heterocycles. The Labute approximate surface area is 114 Å². The molecule has 2 N–H and O–H groups in total. The van der Waals surface area contributed by atoms with E-state index >= 15 is 0 Å². The van der Waals surface area contributed by atoms with E-state index in [0.29, 0.717) is 11.3 Å². The first kappa shape index (κ1) is 15.2. The van der Waals surface area contributed by atoms with Gasteiger partial charge in [-0.15, -0.1) is 0 Å². The van der Waals surface area contributed by atoms with Crippen molar-refractivity contribution in [2.45, 2.75) is 40.2 Å². The minimum absolute atomic E-state index is 0.00272. The molecule has 0 aliphatic carbocycles. The molecule has 0 fully saturated rings. The van der Waals surface area contributed by atoms with E-state index in [1.807, 2.05) is 39.0 Å². The van der Waals surface area contributed by atoms with E-state index < -0.39 is 0 Å². The van der Waals surface area contributed by atoms with Crippen LogP contribution in [0, 0.1) is 6.92 Å². The number of carbonyl (C=O) groups is 2. The molecule has 0 spiro atoms. The number of carbonyl (C=O) groups excluding carboxylic acids is 2. The van der Waals surface area contributed by atoms with Crippen molar-refractivity contribution in [3.8, 4) is 0 Å². The van der Waals surface area contributed by atoms with Crippen molar-refractivity contribution in [3.63, 3.8) is 0 Å². The van der Waals surface area contributed by atoms with Gasteiger partial charge in [0.25, 0.3) is 0 Å². The van der Waals surface area contributed by atoms with E-state index in [-0.39, 0.29) is 24.3 Å². The summed E-state index contributed by atoms with van der Waals surface area (Å²) in [6, 6.07) is 5.75. The van der Waals surface area contributed by atoms with Crippen LogP contribution in [0.15, 0.2) is 18.2 Å². The summed E-state index contributed by atoms with van der Waals surface area (Å²) in [6.45, 7) is 7.58. The van der Waals surface area contributed by atoms with Crippen molar-refractivity contribution >= 4 is 17.4 Å². The smallest absolute Gasteiger partial charge is 0.239 e. The van der Waals surface area contributed by atoms with Gasteiger partial charge >= 0.3 is 0 Å². The number of aryl methyl sites for hydroxylation is 1. The van der Waals surface area contributed by atoms with Crippen LogP contribution in [-0.4, -0.2) is 24.3 Å². The van der Waals surface area contributed by atoms with Crippen LogP contribution in [0.25, 0.3) is 0 Å². The summed E-state index contributed by atoms with van der Waals surface area (Å²) >= 11 is 0. The first-order valence-electron chi connectivity index (χ1n) is 6.59. The van der Waals surface area contributed by atoms with E-state index in [1.54, 1.807) is 0 Å². The van der Waals surface area contributed by atoms with Crippen LogP contribution in [0.1, 0.15) is 43.1 Å². The van der Waals surface area contributed by atoms with Gasteiger partial charge in [-0.25, -0.2) is 0 Å². The summed E-state index contributed by atoms with van der Waals surface area (Å²) in [5, 5.41) is 5.91. The number of amides is 1. The Kier molecular flexibility index (Phi) is 5.55. The maximum Gasteiger partial charge on any atom is 0.239 e. The fourth-order valence-electron chi connectivity index (χ4n) is 1.89. The molecule has 19 heavy (non-hydrogen) atoms. The number of nitrogens with one attached hydrogen (secondary N) is 2. The lowest BCUT2D eigenvalue weighted by Crippen LogP contribution is -2.36. The third-order valence-corrected chi connectivity index (χ3v) is 3.08. The van der Waals surface area contributed by atoms with Crippen LogP contribution >= 0.6 is 0 Å². The van der Waals surface area contributed by atoms with Crippen LogP contribution in [0.3, 0.4) is 0 Å². The molecule has 0 bridgehead atoms. The molecule has 0 unspecified atom stereocenters. The fourth-order valence-corrected chi connectivity index (χ4v) is 1.89. The third kappa shape index (κ3) is 4.39. The molecular weight excluding hydrogens is 240 g/mol. The van der Waals surface area contributed by atoms with Crippen molar-refractivity contribution in [2.75, 3.05) is 11.9 Å². The average molecular weight is 262 g/mol. The van der Waals surface area contributed by atoms with Gasteiger partial charge in [0.2, 0.25) is 5.91 Å². The largest absolute Gasteiger partial charge is 0.376 e. The summed E-state index contributed by atoms with van der Waals surface area (Å²) in [5.41, 5.74) is 2.28. The molecule has 4 heteroatoms. The molecule has 0 heterocycles. The van der Waals surface area contributed by atoms with Gasteiger partial charge in [-0.3, -0.25) is 9.59 Å². The summed E-state index contributed by atoms with van der Waals surface area (Å²) in [7, 11) is 0. The highest BCUT2D eigenvalue weighted by Gasteiger charge is 2.11. The van der Waals surface area contributed by atoms with Crippen LogP contribution < -0.4 is 10.6 Å². The van der Waals surface area contributed by atoms with Crippen LogP contribution in [-0.2, 0) is 4.79 Å². The van der Waals surface area contributed by atoms with E-state index in [0.717, 1.165) is 12.0 Å². The molecule has 4 nitrogen and oxygen atoms in total. The maximum absolute atomic E-state index is 11.7. The van der Waals surface area contributed by atoms with Gasteiger partial charge in [0.05, 0.1) is 6.54 Å². The molecule has 104 valence electrons. The van der Waals surface area contributed by atoms with Gasteiger partial charge in [0, 0.05) is 17.3 Å². The molecular formula is C15H22N2O2. The highest BCUT2D eigenvalue weighted by Crippen LogP contribution is 2.19. The minimum Gasteiger partial charge on any atom is -0.376 e. The standard InChI is InChI=1S/C15H22N2O2/c1-5-11(3)17-14(19)9-16-13-8-6-7-10(2)15(13)12(4)18/h6-8,11,16H,5,9H2,1-4H3,(H,17,19)/t11-/m1/s1. The quantitative estimate of drug-likeness (QED) is 0.774. The Bertz CT molecular complexity index is 469. The normalized spacial score (nSPS) is 11.8. The minimum atomic E-state index is -0.0645. The lowest BCUT2D eigenvalue weighted by atomic mass is 10.0. The van der Waals surface area contributed by atoms with Gasteiger partial charge in [-0.2, -0.15) is 0 Å². The van der Waals surface area contributed by atoms with Crippen LogP contribution in [0.5, 0.6) is 0 Å². The zero-order valence-corrected chi connectivity index (χ0v) is 12.0.